The van der Waals surface area contributed by atoms with Gasteiger partial charge in [-0.3, -0.25) is 4.79 Å². The Balaban J connectivity index is 2.04. The molecular weight excluding hydrogens is 313 g/mol. The van der Waals surface area contributed by atoms with Crippen LogP contribution in [-0.4, -0.2) is 25.1 Å². The molecule has 6 heteroatoms. The second-order valence-electron chi connectivity index (χ2n) is 5.00. The average Bonchev–Trinajstić information content (AvgIpc) is 2.61. The van der Waals surface area contributed by atoms with Gasteiger partial charge in [0.05, 0.1) is 12.7 Å². The fourth-order valence-electron chi connectivity index (χ4n) is 2.05. The molecule has 0 saturated carbocycles. The second kappa shape index (κ2) is 8.10. The number of nitrogens with one attached hydrogen (secondary N) is 1. The van der Waals surface area contributed by atoms with Gasteiger partial charge in [-0.15, -0.1) is 0 Å². The number of hydrogen-bond donors (Lipinski definition) is 1. The number of carbonyl (C=O) groups excluding carboxylic acids is 2. The normalized spacial score (nSPS) is 11.5. The summed E-state index contributed by atoms with van der Waals surface area (Å²) in [6.07, 6.45) is -0.456. The lowest BCUT2D eigenvalue weighted by molar-refractivity contribution is -0.122. The number of methoxy groups -OCH3 is 1. The van der Waals surface area contributed by atoms with Crippen molar-refractivity contribution in [2.75, 3.05) is 12.4 Å². The Morgan fingerprint density at radius 1 is 1.12 bits per heavy atom. The van der Waals surface area contributed by atoms with Crippen molar-refractivity contribution >= 4 is 17.6 Å². The molecule has 0 saturated heterocycles. The molecule has 0 aromatic heterocycles. The zero-order valence-electron chi connectivity index (χ0n) is 13.4. The van der Waals surface area contributed by atoms with E-state index in [1.54, 1.807) is 43.3 Å². The third kappa shape index (κ3) is 4.32. The quantitative estimate of drug-likeness (QED) is 0.824. The summed E-state index contributed by atoms with van der Waals surface area (Å²) in [6.45, 7) is 1.77. The van der Waals surface area contributed by atoms with Crippen molar-refractivity contribution in [2.45, 2.75) is 19.4 Å². The number of hydrogen-bond acceptors (Lipinski definition) is 4. The van der Waals surface area contributed by atoms with Crippen LogP contribution in [0.25, 0.3) is 0 Å². The molecule has 0 spiro atoms. The van der Waals surface area contributed by atoms with Crippen molar-refractivity contribution in [1.29, 1.82) is 0 Å². The summed E-state index contributed by atoms with van der Waals surface area (Å²) in [6, 6.07) is 12.2. The zero-order valence-corrected chi connectivity index (χ0v) is 13.4. The minimum atomic E-state index is -0.831. The zero-order chi connectivity index (χ0) is 17.5. The first-order valence-electron chi connectivity index (χ1n) is 7.45. The first-order chi connectivity index (χ1) is 11.5. The van der Waals surface area contributed by atoms with E-state index >= 15 is 0 Å². The van der Waals surface area contributed by atoms with Crippen LogP contribution in [0.2, 0.25) is 0 Å². The first-order valence-corrected chi connectivity index (χ1v) is 7.45. The van der Waals surface area contributed by atoms with Gasteiger partial charge in [0.15, 0.2) is 17.7 Å². The number of rotatable bonds is 6. The van der Waals surface area contributed by atoms with Gasteiger partial charge >= 0.3 is 5.97 Å². The molecule has 0 heterocycles. The molecule has 0 radical (unpaired) electrons. The maximum atomic E-state index is 13.6. The summed E-state index contributed by atoms with van der Waals surface area (Å²) in [7, 11) is 1.30. The van der Waals surface area contributed by atoms with E-state index in [4.69, 9.17) is 4.74 Å². The van der Waals surface area contributed by atoms with Crippen LogP contribution in [0.4, 0.5) is 10.1 Å². The van der Waals surface area contributed by atoms with Crippen LogP contribution in [0.1, 0.15) is 23.7 Å². The smallest absolute Gasteiger partial charge is 0.337 e. The Kier molecular flexibility index (Phi) is 5.89. The van der Waals surface area contributed by atoms with E-state index in [2.05, 4.69) is 10.1 Å². The molecule has 1 amide bonds. The number of para-hydroxylation sites is 1. The van der Waals surface area contributed by atoms with Crippen LogP contribution in [0.15, 0.2) is 48.5 Å². The van der Waals surface area contributed by atoms with Crippen molar-refractivity contribution in [3.8, 4) is 5.75 Å². The fourth-order valence-corrected chi connectivity index (χ4v) is 2.05. The highest BCUT2D eigenvalue weighted by Gasteiger charge is 2.20. The number of benzene rings is 2. The molecule has 0 aliphatic heterocycles. The largest absolute Gasteiger partial charge is 0.478 e. The van der Waals surface area contributed by atoms with E-state index < -0.39 is 23.8 Å². The van der Waals surface area contributed by atoms with Gasteiger partial charge in [0.2, 0.25) is 0 Å². The van der Waals surface area contributed by atoms with Crippen LogP contribution in [0.3, 0.4) is 0 Å². The molecule has 1 atom stereocenters. The summed E-state index contributed by atoms with van der Waals surface area (Å²) >= 11 is 0. The van der Waals surface area contributed by atoms with Gasteiger partial charge in [0.1, 0.15) is 0 Å². The second-order valence-corrected chi connectivity index (χ2v) is 5.00. The molecule has 2 aromatic rings. The highest BCUT2D eigenvalue weighted by molar-refractivity contribution is 5.95. The standard InChI is InChI=1S/C18H18FNO4/c1-3-15(24-16-7-5-4-6-14(16)19)17(21)20-13-10-8-12(9-11-13)18(22)23-2/h4-11,15H,3H2,1-2H3,(H,20,21). The summed E-state index contributed by atoms with van der Waals surface area (Å²) in [5.74, 6) is -1.35. The number of carbonyl (C=O) groups is 2. The molecule has 24 heavy (non-hydrogen) atoms. The SMILES string of the molecule is CCC(Oc1ccccc1F)C(=O)Nc1ccc(C(=O)OC)cc1. The number of ether oxygens (including phenoxy) is 2. The van der Waals surface area contributed by atoms with Gasteiger partial charge in [-0.1, -0.05) is 19.1 Å². The van der Waals surface area contributed by atoms with Crippen LogP contribution in [0.5, 0.6) is 5.75 Å². The van der Waals surface area contributed by atoms with Gasteiger partial charge < -0.3 is 14.8 Å². The monoisotopic (exact) mass is 331 g/mol. The molecule has 0 aliphatic carbocycles. The van der Waals surface area contributed by atoms with Crippen LogP contribution in [-0.2, 0) is 9.53 Å². The first kappa shape index (κ1) is 17.5. The Morgan fingerprint density at radius 2 is 1.79 bits per heavy atom. The van der Waals surface area contributed by atoms with E-state index in [0.29, 0.717) is 17.7 Å². The molecule has 2 aromatic carbocycles. The topological polar surface area (TPSA) is 64.6 Å². The van der Waals surface area contributed by atoms with Crippen LogP contribution in [0, 0.1) is 5.82 Å². The highest BCUT2D eigenvalue weighted by atomic mass is 19.1. The van der Waals surface area contributed by atoms with Gasteiger partial charge in [0, 0.05) is 5.69 Å². The Hall–Kier alpha value is -2.89. The lowest BCUT2D eigenvalue weighted by Gasteiger charge is -2.17. The lowest BCUT2D eigenvalue weighted by Crippen LogP contribution is -2.32. The highest BCUT2D eigenvalue weighted by Crippen LogP contribution is 2.19. The molecule has 1 N–H and O–H groups in total. The maximum Gasteiger partial charge on any atom is 0.337 e. The van der Waals surface area contributed by atoms with Gasteiger partial charge in [0.25, 0.3) is 5.91 Å². The molecule has 0 bridgehead atoms. The number of esters is 1. The van der Waals surface area contributed by atoms with E-state index in [0.717, 1.165) is 0 Å². The maximum absolute atomic E-state index is 13.6. The molecule has 1 unspecified atom stereocenters. The molecule has 2 rings (SSSR count). The van der Waals surface area contributed by atoms with E-state index in [1.165, 1.54) is 19.2 Å². The Bertz CT molecular complexity index is 715. The van der Waals surface area contributed by atoms with Crippen molar-refractivity contribution in [1.82, 2.24) is 0 Å². The van der Waals surface area contributed by atoms with Crippen molar-refractivity contribution in [2.24, 2.45) is 0 Å². The van der Waals surface area contributed by atoms with Gasteiger partial charge in [-0.05, 0) is 42.8 Å². The summed E-state index contributed by atoms with van der Waals surface area (Å²) in [5.41, 5.74) is 0.883. The molecule has 126 valence electrons. The van der Waals surface area contributed by atoms with Crippen LogP contribution >= 0.6 is 0 Å². The predicted molar refractivity (Wildman–Crippen MR) is 87.5 cm³/mol. The molecule has 5 nitrogen and oxygen atoms in total. The Morgan fingerprint density at radius 3 is 2.38 bits per heavy atom. The van der Waals surface area contributed by atoms with Crippen molar-refractivity contribution < 1.29 is 23.5 Å². The Labute approximate surface area is 139 Å². The van der Waals surface area contributed by atoms with E-state index in [9.17, 15) is 14.0 Å². The van der Waals surface area contributed by atoms with Crippen LogP contribution < -0.4 is 10.1 Å². The molecule has 0 fully saturated rings. The summed E-state index contributed by atoms with van der Waals surface area (Å²) in [4.78, 5) is 23.7. The lowest BCUT2D eigenvalue weighted by atomic mass is 10.2. The summed E-state index contributed by atoms with van der Waals surface area (Å²) < 4.78 is 23.7. The van der Waals surface area contributed by atoms with Gasteiger partial charge in [-0.2, -0.15) is 0 Å². The fraction of sp³-hybridized carbons (Fsp3) is 0.222. The van der Waals surface area contributed by atoms with E-state index in [1.807, 2.05) is 0 Å². The average molecular weight is 331 g/mol. The van der Waals surface area contributed by atoms with Crippen molar-refractivity contribution in [3.05, 3.63) is 59.9 Å². The van der Waals surface area contributed by atoms with Crippen molar-refractivity contribution in [3.63, 3.8) is 0 Å². The van der Waals surface area contributed by atoms with Gasteiger partial charge in [-0.25, -0.2) is 9.18 Å². The predicted octanol–water partition coefficient (Wildman–Crippen LogP) is 3.41. The minimum Gasteiger partial charge on any atom is -0.478 e. The number of amides is 1. The molecular formula is C18H18FNO4. The number of anilines is 1. The summed E-state index contributed by atoms with van der Waals surface area (Å²) in [5, 5.41) is 2.68. The number of halogens is 1. The van der Waals surface area contributed by atoms with E-state index in [-0.39, 0.29) is 5.75 Å². The third-order valence-corrected chi connectivity index (χ3v) is 3.34. The third-order valence-electron chi connectivity index (χ3n) is 3.34. The molecule has 0 aliphatic rings. The minimum absolute atomic E-state index is 0.0283.